The molecule has 0 unspecified atom stereocenters. The molecule has 0 aliphatic heterocycles. The number of ether oxygens (including phenoxy) is 2. The van der Waals surface area contributed by atoms with Crippen molar-refractivity contribution in [1.29, 1.82) is 0 Å². The molecule has 0 spiro atoms. The Morgan fingerprint density at radius 1 is 1.33 bits per heavy atom. The highest BCUT2D eigenvalue weighted by atomic mass is 32.2. The van der Waals surface area contributed by atoms with Crippen LogP contribution in [0.5, 0.6) is 5.75 Å². The van der Waals surface area contributed by atoms with Crippen LogP contribution in [0.1, 0.15) is 0 Å². The average molecular weight is 275 g/mol. The number of anilines is 2. The molecule has 4 N–H and O–H groups in total. The van der Waals surface area contributed by atoms with Crippen molar-refractivity contribution < 1.29 is 17.9 Å². The molecule has 7 nitrogen and oxygen atoms in total. The minimum absolute atomic E-state index is 0.177. The van der Waals surface area contributed by atoms with Gasteiger partial charge in [0, 0.05) is 19.3 Å². The summed E-state index contributed by atoms with van der Waals surface area (Å²) in [7, 11) is -0.737. The Balaban J connectivity index is 2.79. The Kier molecular flexibility index (Phi) is 5.20. The molecule has 1 aromatic rings. The molecular formula is C10H17N3O4S. The van der Waals surface area contributed by atoms with Gasteiger partial charge in [0.25, 0.3) is 10.2 Å². The van der Waals surface area contributed by atoms with Gasteiger partial charge in [-0.3, -0.25) is 4.72 Å². The SMILES string of the molecule is COCCNS(=O)(=O)Nc1cc(N)ccc1OC. The summed E-state index contributed by atoms with van der Waals surface area (Å²) in [5, 5.41) is 0. The van der Waals surface area contributed by atoms with Crippen LogP contribution in [0, 0.1) is 0 Å². The van der Waals surface area contributed by atoms with Crippen LogP contribution in [0.4, 0.5) is 11.4 Å². The van der Waals surface area contributed by atoms with Gasteiger partial charge in [0.2, 0.25) is 0 Å². The quantitative estimate of drug-likeness (QED) is 0.486. The highest BCUT2D eigenvalue weighted by molar-refractivity contribution is 7.90. The zero-order valence-corrected chi connectivity index (χ0v) is 11.1. The Morgan fingerprint density at radius 3 is 2.67 bits per heavy atom. The smallest absolute Gasteiger partial charge is 0.299 e. The molecule has 0 aliphatic rings. The lowest BCUT2D eigenvalue weighted by atomic mass is 10.2. The van der Waals surface area contributed by atoms with E-state index in [2.05, 4.69) is 9.44 Å². The van der Waals surface area contributed by atoms with Crippen LogP contribution in [0.2, 0.25) is 0 Å². The highest BCUT2D eigenvalue weighted by Gasteiger charge is 2.12. The van der Waals surface area contributed by atoms with Gasteiger partial charge in [-0.05, 0) is 18.2 Å². The van der Waals surface area contributed by atoms with E-state index in [4.69, 9.17) is 15.2 Å². The fourth-order valence-corrected chi connectivity index (χ4v) is 2.14. The Morgan fingerprint density at radius 2 is 2.06 bits per heavy atom. The molecule has 1 aromatic carbocycles. The lowest BCUT2D eigenvalue weighted by molar-refractivity contribution is 0.204. The van der Waals surface area contributed by atoms with E-state index in [0.717, 1.165) is 0 Å². The van der Waals surface area contributed by atoms with Crippen molar-refractivity contribution in [3.05, 3.63) is 18.2 Å². The maximum atomic E-state index is 11.7. The van der Waals surface area contributed by atoms with E-state index < -0.39 is 10.2 Å². The second-order valence-electron chi connectivity index (χ2n) is 3.45. The summed E-state index contributed by atoms with van der Waals surface area (Å²) in [5.41, 5.74) is 6.31. The van der Waals surface area contributed by atoms with Crippen molar-refractivity contribution in [1.82, 2.24) is 4.72 Å². The zero-order chi connectivity index (χ0) is 13.6. The first-order chi connectivity index (χ1) is 8.48. The van der Waals surface area contributed by atoms with Gasteiger partial charge in [-0.25, -0.2) is 0 Å². The number of nitrogens with two attached hydrogens (primary N) is 1. The van der Waals surface area contributed by atoms with E-state index >= 15 is 0 Å². The van der Waals surface area contributed by atoms with Crippen molar-refractivity contribution in [2.45, 2.75) is 0 Å². The topological polar surface area (TPSA) is 103 Å². The third kappa shape index (κ3) is 4.40. The van der Waals surface area contributed by atoms with Gasteiger partial charge in [0.15, 0.2) is 0 Å². The minimum atomic E-state index is -3.67. The van der Waals surface area contributed by atoms with Crippen LogP contribution < -0.4 is 19.9 Å². The third-order valence-corrected chi connectivity index (χ3v) is 3.14. The van der Waals surface area contributed by atoms with Crippen LogP contribution in [0.25, 0.3) is 0 Å². The van der Waals surface area contributed by atoms with E-state index in [-0.39, 0.29) is 18.8 Å². The van der Waals surface area contributed by atoms with E-state index in [9.17, 15) is 8.42 Å². The zero-order valence-electron chi connectivity index (χ0n) is 10.3. The monoisotopic (exact) mass is 275 g/mol. The van der Waals surface area contributed by atoms with Crippen molar-refractivity contribution in [2.24, 2.45) is 0 Å². The molecule has 1 rings (SSSR count). The second-order valence-corrected chi connectivity index (χ2v) is 4.95. The fraction of sp³-hybridized carbons (Fsp3) is 0.400. The maximum Gasteiger partial charge on any atom is 0.299 e. The number of benzene rings is 1. The van der Waals surface area contributed by atoms with E-state index in [1.54, 1.807) is 12.1 Å². The van der Waals surface area contributed by atoms with Crippen molar-refractivity contribution >= 4 is 21.6 Å². The molecule has 0 aromatic heterocycles. The summed E-state index contributed by atoms with van der Waals surface area (Å²) in [5.74, 6) is 0.390. The molecule has 8 heteroatoms. The molecule has 0 aliphatic carbocycles. The van der Waals surface area contributed by atoms with Crippen LogP contribution in [-0.4, -0.2) is 35.8 Å². The summed E-state index contributed by atoms with van der Waals surface area (Å²) < 4.78 is 37.8. The van der Waals surface area contributed by atoms with E-state index in [1.165, 1.54) is 20.3 Å². The Hall–Kier alpha value is -1.51. The molecular weight excluding hydrogens is 258 g/mol. The Bertz CT molecular complexity index is 490. The lowest BCUT2D eigenvalue weighted by Crippen LogP contribution is -2.32. The minimum Gasteiger partial charge on any atom is -0.495 e. The summed E-state index contributed by atoms with van der Waals surface area (Å²) in [6, 6.07) is 4.69. The van der Waals surface area contributed by atoms with Crippen molar-refractivity contribution in [2.75, 3.05) is 37.8 Å². The molecule has 102 valence electrons. The van der Waals surface area contributed by atoms with Crippen molar-refractivity contribution in [3.8, 4) is 5.75 Å². The first-order valence-corrected chi connectivity index (χ1v) is 6.66. The Labute approximate surface area is 106 Å². The molecule has 0 atom stereocenters. The van der Waals surface area contributed by atoms with E-state index in [1.807, 2.05) is 0 Å². The summed E-state index contributed by atoms with van der Waals surface area (Å²) in [4.78, 5) is 0. The molecule has 18 heavy (non-hydrogen) atoms. The maximum absolute atomic E-state index is 11.7. The average Bonchev–Trinajstić information content (AvgIpc) is 2.29. The highest BCUT2D eigenvalue weighted by Crippen LogP contribution is 2.26. The second kappa shape index (κ2) is 6.43. The van der Waals surface area contributed by atoms with Gasteiger partial charge in [0.1, 0.15) is 5.75 Å². The first kappa shape index (κ1) is 14.6. The van der Waals surface area contributed by atoms with Crippen molar-refractivity contribution in [3.63, 3.8) is 0 Å². The van der Waals surface area contributed by atoms with Crippen LogP contribution in [0.15, 0.2) is 18.2 Å². The van der Waals surface area contributed by atoms with E-state index in [0.29, 0.717) is 11.4 Å². The molecule has 0 bridgehead atoms. The number of nitrogen functional groups attached to an aromatic ring is 1. The third-order valence-electron chi connectivity index (χ3n) is 2.07. The number of methoxy groups -OCH3 is 2. The molecule has 0 heterocycles. The molecule has 0 saturated carbocycles. The van der Waals surface area contributed by atoms with Crippen LogP contribution >= 0.6 is 0 Å². The van der Waals surface area contributed by atoms with Gasteiger partial charge >= 0.3 is 0 Å². The molecule has 0 fully saturated rings. The fourth-order valence-electron chi connectivity index (χ4n) is 1.26. The van der Waals surface area contributed by atoms with Gasteiger partial charge in [-0.2, -0.15) is 13.1 Å². The predicted octanol–water partition coefficient (Wildman–Crippen LogP) is 0.170. The number of hydrogen-bond donors (Lipinski definition) is 3. The van der Waals surface area contributed by atoms with Gasteiger partial charge in [-0.15, -0.1) is 0 Å². The summed E-state index contributed by atoms with van der Waals surface area (Å²) in [6.45, 7) is 0.464. The first-order valence-electron chi connectivity index (χ1n) is 5.18. The van der Waals surface area contributed by atoms with Crippen LogP contribution in [-0.2, 0) is 14.9 Å². The molecule has 0 saturated heterocycles. The predicted molar refractivity (Wildman–Crippen MR) is 69.8 cm³/mol. The van der Waals surface area contributed by atoms with Gasteiger partial charge in [0.05, 0.1) is 19.4 Å². The lowest BCUT2D eigenvalue weighted by Gasteiger charge is -2.12. The number of nitrogens with one attached hydrogen (secondary N) is 2. The number of hydrogen-bond acceptors (Lipinski definition) is 5. The largest absolute Gasteiger partial charge is 0.495 e. The van der Waals surface area contributed by atoms with Gasteiger partial charge < -0.3 is 15.2 Å². The summed E-state index contributed by atoms with van der Waals surface area (Å²) in [6.07, 6.45) is 0. The summed E-state index contributed by atoms with van der Waals surface area (Å²) >= 11 is 0. The number of rotatable bonds is 7. The molecule has 0 radical (unpaired) electrons. The normalized spacial score (nSPS) is 11.2. The molecule has 0 amide bonds. The van der Waals surface area contributed by atoms with Gasteiger partial charge in [-0.1, -0.05) is 0 Å². The standard InChI is InChI=1S/C10H17N3O4S/c1-16-6-5-12-18(14,15)13-9-7-8(11)3-4-10(9)17-2/h3-4,7,12-13H,5-6,11H2,1-2H3. The van der Waals surface area contributed by atoms with Crippen LogP contribution in [0.3, 0.4) is 0 Å².